The quantitative estimate of drug-likeness (QED) is 0.759. The highest BCUT2D eigenvalue weighted by molar-refractivity contribution is 5.75. The van der Waals surface area contributed by atoms with Crippen molar-refractivity contribution in [3.8, 4) is 0 Å². The van der Waals surface area contributed by atoms with Crippen molar-refractivity contribution in [3.63, 3.8) is 0 Å². The number of nitrogens with zero attached hydrogens (tertiary/aromatic N) is 2. The van der Waals surface area contributed by atoms with Crippen LogP contribution in [0, 0.1) is 5.92 Å². The van der Waals surface area contributed by atoms with Gasteiger partial charge < -0.3 is 16.0 Å². The number of primary amides is 1. The number of carbonyl (C=O) groups is 1. The van der Waals surface area contributed by atoms with E-state index < -0.39 is 0 Å². The van der Waals surface area contributed by atoms with Gasteiger partial charge in [0.05, 0.1) is 6.54 Å². The lowest BCUT2D eigenvalue weighted by Gasteiger charge is -2.38. The first-order chi connectivity index (χ1) is 9.54. The molecule has 0 aromatic heterocycles. The van der Waals surface area contributed by atoms with Crippen LogP contribution in [0.25, 0.3) is 0 Å². The Morgan fingerprint density at radius 3 is 2.60 bits per heavy atom. The second kappa shape index (κ2) is 7.38. The lowest BCUT2D eigenvalue weighted by atomic mass is 9.90. The predicted molar refractivity (Wildman–Crippen MR) is 81.5 cm³/mol. The van der Waals surface area contributed by atoms with Crippen molar-refractivity contribution in [1.82, 2.24) is 15.1 Å². The number of likely N-dealkylation sites (tertiary alicyclic amines) is 2. The van der Waals surface area contributed by atoms with Crippen LogP contribution in [0.15, 0.2) is 0 Å². The molecule has 2 fully saturated rings. The highest BCUT2D eigenvalue weighted by atomic mass is 16.1. The van der Waals surface area contributed by atoms with Crippen LogP contribution < -0.4 is 11.1 Å². The maximum Gasteiger partial charge on any atom is 0.231 e. The Morgan fingerprint density at radius 2 is 2.00 bits per heavy atom. The minimum atomic E-state index is -0.213. The van der Waals surface area contributed by atoms with Crippen LogP contribution in [0.3, 0.4) is 0 Å². The zero-order chi connectivity index (χ0) is 14.5. The van der Waals surface area contributed by atoms with Crippen LogP contribution >= 0.6 is 0 Å². The van der Waals surface area contributed by atoms with E-state index in [1.807, 2.05) is 0 Å². The fourth-order valence-corrected chi connectivity index (χ4v) is 3.60. The molecular formula is C15H30N4O. The Kier molecular flexibility index (Phi) is 5.81. The summed E-state index contributed by atoms with van der Waals surface area (Å²) in [5.41, 5.74) is 5.25. The molecule has 3 N–H and O–H groups in total. The molecule has 0 aromatic carbocycles. The van der Waals surface area contributed by atoms with E-state index in [-0.39, 0.29) is 5.91 Å². The predicted octanol–water partition coefficient (Wildman–Crippen LogP) is 0.256. The van der Waals surface area contributed by atoms with Crippen molar-refractivity contribution >= 4 is 5.91 Å². The highest BCUT2D eigenvalue weighted by Gasteiger charge is 2.26. The van der Waals surface area contributed by atoms with Crippen LogP contribution in [0.1, 0.15) is 32.6 Å². The molecule has 2 unspecified atom stereocenters. The number of nitrogens with one attached hydrogen (secondary N) is 1. The molecule has 0 bridgehead atoms. The molecule has 2 rings (SSSR count). The van der Waals surface area contributed by atoms with Crippen LogP contribution in [-0.4, -0.2) is 67.6 Å². The van der Waals surface area contributed by atoms with E-state index in [0.29, 0.717) is 18.6 Å². The molecule has 2 heterocycles. The third kappa shape index (κ3) is 4.72. The van der Waals surface area contributed by atoms with E-state index in [9.17, 15) is 4.79 Å². The summed E-state index contributed by atoms with van der Waals surface area (Å²) in [6.45, 7) is 7.18. The first-order valence-corrected chi connectivity index (χ1v) is 8.00. The Bertz CT molecular complexity index is 315. The van der Waals surface area contributed by atoms with Crippen LogP contribution in [0.2, 0.25) is 0 Å². The van der Waals surface area contributed by atoms with Gasteiger partial charge in [-0.3, -0.25) is 9.69 Å². The smallest absolute Gasteiger partial charge is 0.231 e. The third-order valence-corrected chi connectivity index (χ3v) is 4.83. The van der Waals surface area contributed by atoms with E-state index in [4.69, 9.17) is 5.73 Å². The minimum absolute atomic E-state index is 0.213. The van der Waals surface area contributed by atoms with E-state index in [2.05, 4.69) is 29.1 Å². The van der Waals surface area contributed by atoms with Crippen molar-refractivity contribution < 1.29 is 4.79 Å². The Hall–Kier alpha value is -0.650. The maximum absolute atomic E-state index is 10.9. The first-order valence-electron chi connectivity index (χ1n) is 8.00. The van der Waals surface area contributed by atoms with Gasteiger partial charge in [0, 0.05) is 31.7 Å². The fraction of sp³-hybridized carbons (Fsp3) is 0.933. The number of hydrogen-bond acceptors (Lipinski definition) is 4. The number of nitrogens with two attached hydrogens (primary N) is 1. The molecule has 0 radical (unpaired) electrons. The van der Waals surface area contributed by atoms with Gasteiger partial charge in [-0.15, -0.1) is 0 Å². The van der Waals surface area contributed by atoms with Crippen LogP contribution in [0.5, 0.6) is 0 Å². The minimum Gasteiger partial charge on any atom is -0.369 e. The molecular weight excluding hydrogens is 252 g/mol. The van der Waals surface area contributed by atoms with Gasteiger partial charge in [-0.25, -0.2) is 0 Å². The Morgan fingerprint density at radius 1 is 1.30 bits per heavy atom. The molecule has 1 amide bonds. The van der Waals surface area contributed by atoms with Gasteiger partial charge in [-0.2, -0.15) is 0 Å². The van der Waals surface area contributed by atoms with Crippen LogP contribution in [-0.2, 0) is 4.79 Å². The number of rotatable bonds is 5. The third-order valence-electron chi connectivity index (χ3n) is 4.83. The zero-order valence-corrected chi connectivity index (χ0v) is 13.0. The van der Waals surface area contributed by atoms with E-state index in [1.54, 1.807) is 0 Å². The molecule has 20 heavy (non-hydrogen) atoms. The molecule has 2 saturated heterocycles. The van der Waals surface area contributed by atoms with Crippen molar-refractivity contribution in [1.29, 1.82) is 0 Å². The number of hydrogen-bond donors (Lipinski definition) is 2. The Balaban J connectivity index is 1.70. The molecule has 2 atom stereocenters. The highest BCUT2D eigenvalue weighted by Crippen LogP contribution is 2.20. The van der Waals surface area contributed by atoms with E-state index in [1.165, 1.54) is 25.9 Å². The largest absolute Gasteiger partial charge is 0.369 e. The first kappa shape index (κ1) is 15.7. The summed E-state index contributed by atoms with van der Waals surface area (Å²) in [6, 6.07) is 1.19. The SMILES string of the molecule is CC(NC1CCN(CC(N)=O)CC1)C1CCCN(C)C1. The van der Waals surface area contributed by atoms with E-state index in [0.717, 1.165) is 31.8 Å². The number of amides is 1. The monoisotopic (exact) mass is 282 g/mol. The van der Waals surface area contributed by atoms with Gasteiger partial charge in [0.15, 0.2) is 0 Å². The average molecular weight is 282 g/mol. The molecule has 5 nitrogen and oxygen atoms in total. The number of piperidine rings is 2. The van der Waals surface area contributed by atoms with Gasteiger partial charge >= 0.3 is 0 Å². The summed E-state index contributed by atoms with van der Waals surface area (Å²) in [5, 5.41) is 3.81. The van der Waals surface area contributed by atoms with Gasteiger partial charge in [-0.05, 0) is 52.1 Å². The zero-order valence-electron chi connectivity index (χ0n) is 13.0. The average Bonchev–Trinajstić information content (AvgIpc) is 2.40. The van der Waals surface area contributed by atoms with Crippen LogP contribution in [0.4, 0.5) is 0 Å². The van der Waals surface area contributed by atoms with E-state index >= 15 is 0 Å². The normalized spacial score (nSPS) is 28.4. The van der Waals surface area contributed by atoms with Crippen molar-refractivity contribution in [3.05, 3.63) is 0 Å². The van der Waals surface area contributed by atoms with Gasteiger partial charge in [0.1, 0.15) is 0 Å². The second-order valence-electron chi connectivity index (χ2n) is 6.64. The molecule has 5 heteroatoms. The summed E-state index contributed by atoms with van der Waals surface area (Å²) < 4.78 is 0. The van der Waals surface area contributed by atoms with Crippen molar-refractivity contribution in [2.45, 2.75) is 44.7 Å². The molecule has 0 aromatic rings. The standard InChI is InChI=1S/C15H30N4O/c1-12(13-4-3-7-18(2)10-13)17-14-5-8-19(9-6-14)11-15(16)20/h12-14,17H,3-11H2,1-2H3,(H2,16,20). The second-order valence-corrected chi connectivity index (χ2v) is 6.64. The lowest BCUT2D eigenvalue weighted by molar-refractivity contribution is -0.119. The molecule has 2 aliphatic rings. The summed E-state index contributed by atoms with van der Waals surface area (Å²) in [7, 11) is 2.22. The molecule has 0 saturated carbocycles. The number of carbonyl (C=O) groups excluding carboxylic acids is 1. The van der Waals surface area contributed by atoms with Crippen molar-refractivity contribution in [2.75, 3.05) is 39.8 Å². The Labute approximate surface area is 122 Å². The van der Waals surface area contributed by atoms with Gasteiger partial charge in [0.25, 0.3) is 0 Å². The topological polar surface area (TPSA) is 61.6 Å². The summed E-state index contributed by atoms with van der Waals surface area (Å²) in [6.07, 6.45) is 4.92. The fourth-order valence-electron chi connectivity index (χ4n) is 3.60. The molecule has 0 aliphatic carbocycles. The summed E-state index contributed by atoms with van der Waals surface area (Å²) in [5.74, 6) is 0.562. The summed E-state index contributed by atoms with van der Waals surface area (Å²) >= 11 is 0. The summed E-state index contributed by atoms with van der Waals surface area (Å²) in [4.78, 5) is 15.5. The van der Waals surface area contributed by atoms with Crippen molar-refractivity contribution in [2.24, 2.45) is 11.7 Å². The van der Waals surface area contributed by atoms with Gasteiger partial charge in [-0.1, -0.05) is 0 Å². The molecule has 2 aliphatic heterocycles. The lowest BCUT2D eigenvalue weighted by Crippen LogP contribution is -2.50. The molecule has 0 spiro atoms. The van der Waals surface area contributed by atoms with Gasteiger partial charge in [0.2, 0.25) is 5.91 Å². The maximum atomic E-state index is 10.9. The molecule has 116 valence electrons.